The largest absolute Gasteiger partial charge is 0.368 e. The Balaban J connectivity index is 1.86. The molecule has 0 amide bonds. The van der Waals surface area contributed by atoms with Gasteiger partial charge in [-0.25, -0.2) is 0 Å². The monoisotopic (exact) mass is 277 g/mol. The minimum Gasteiger partial charge on any atom is -0.368 e. The molecule has 1 unspecified atom stereocenters. The van der Waals surface area contributed by atoms with E-state index in [0.717, 1.165) is 13.0 Å². The number of benzene rings is 1. The maximum absolute atomic E-state index is 5.71. The van der Waals surface area contributed by atoms with Gasteiger partial charge in [0.05, 0.1) is 0 Å². The minimum absolute atomic E-state index is 0.103. The van der Waals surface area contributed by atoms with Gasteiger partial charge in [-0.1, -0.05) is 37.3 Å². The molecule has 19 heavy (non-hydrogen) atoms. The van der Waals surface area contributed by atoms with Crippen molar-refractivity contribution in [1.29, 1.82) is 0 Å². The lowest BCUT2D eigenvalue weighted by atomic mass is 9.98. The number of hydrogen-bond acceptors (Lipinski definition) is 5. The highest BCUT2D eigenvalue weighted by atomic mass is 35.5. The van der Waals surface area contributed by atoms with Crippen LogP contribution in [0, 0.1) is 0 Å². The Bertz CT molecular complexity index is 512. The number of nitrogen functional groups attached to an aromatic ring is 1. The molecule has 2 aromatic rings. The molecule has 6 heteroatoms. The van der Waals surface area contributed by atoms with E-state index in [1.807, 2.05) is 18.2 Å². The van der Waals surface area contributed by atoms with E-state index in [0.29, 0.717) is 11.9 Å². The first kappa shape index (κ1) is 13.5. The lowest BCUT2D eigenvalue weighted by molar-refractivity contribution is 0.703. The van der Waals surface area contributed by atoms with Crippen LogP contribution < -0.4 is 11.1 Å². The van der Waals surface area contributed by atoms with E-state index in [-0.39, 0.29) is 11.2 Å². The van der Waals surface area contributed by atoms with Gasteiger partial charge in [-0.15, -0.1) is 0 Å². The Morgan fingerprint density at radius 3 is 2.63 bits per heavy atom. The molecule has 0 radical (unpaired) electrons. The zero-order valence-electron chi connectivity index (χ0n) is 10.7. The molecule has 0 spiro atoms. The number of halogens is 1. The van der Waals surface area contributed by atoms with Gasteiger partial charge in [0.1, 0.15) is 0 Å². The van der Waals surface area contributed by atoms with Gasteiger partial charge in [0.2, 0.25) is 17.2 Å². The summed E-state index contributed by atoms with van der Waals surface area (Å²) in [5.41, 5.74) is 6.81. The van der Waals surface area contributed by atoms with E-state index >= 15 is 0 Å². The van der Waals surface area contributed by atoms with E-state index in [1.54, 1.807) is 0 Å². The van der Waals surface area contributed by atoms with Crippen molar-refractivity contribution < 1.29 is 0 Å². The molecule has 3 N–H and O–H groups in total. The number of nitrogens with zero attached hydrogens (tertiary/aromatic N) is 3. The maximum atomic E-state index is 5.71. The van der Waals surface area contributed by atoms with Gasteiger partial charge in [0.25, 0.3) is 0 Å². The summed E-state index contributed by atoms with van der Waals surface area (Å²) in [5.74, 6) is 1.000. The summed E-state index contributed by atoms with van der Waals surface area (Å²) < 4.78 is 0. The molecular formula is C13H16ClN5. The number of rotatable bonds is 5. The van der Waals surface area contributed by atoms with Crippen LogP contribution in [0.15, 0.2) is 30.3 Å². The molecular weight excluding hydrogens is 262 g/mol. The molecule has 0 bridgehead atoms. The van der Waals surface area contributed by atoms with Crippen molar-refractivity contribution in [3.63, 3.8) is 0 Å². The number of hydrogen-bond donors (Lipinski definition) is 2. The van der Waals surface area contributed by atoms with Crippen molar-refractivity contribution in [2.24, 2.45) is 0 Å². The van der Waals surface area contributed by atoms with Gasteiger partial charge in [-0.05, 0) is 29.5 Å². The average molecular weight is 278 g/mol. The van der Waals surface area contributed by atoms with Crippen LogP contribution in [-0.4, -0.2) is 21.5 Å². The molecule has 1 aromatic heterocycles. The zero-order chi connectivity index (χ0) is 13.7. The Labute approximate surface area is 117 Å². The van der Waals surface area contributed by atoms with Crippen molar-refractivity contribution in [2.45, 2.75) is 19.3 Å². The third kappa shape index (κ3) is 4.06. The minimum atomic E-state index is 0.103. The molecule has 1 heterocycles. The number of anilines is 2. The van der Waals surface area contributed by atoms with E-state index in [1.165, 1.54) is 5.56 Å². The second-order valence-electron chi connectivity index (χ2n) is 4.31. The highest BCUT2D eigenvalue weighted by Gasteiger charge is 2.06. The van der Waals surface area contributed by atoms with Crippen molar-refractivity contribution in [3.05, 3.63) is 41.2 Å². The fourth-order valence-corrected chi connectivity index (χ4v) is 1.96. The third-order valence-corrected chi connectivity index (χ3v) is 3.02. The molecule has 0 saturated heterocycles. The molecule has 0 aliphatic heterocycles. The highest BCUT2D eigenvalue weighted by Crippen LogP contribution is 2.18. The first-order chi connectivity index (χ1) is 9.15. The summed E-state index contributed by atoms with van der Waals surface area (Å²) >= 11 is 5.71. The topological polar surface area (TPSA) is 76.7 Å². The SMILES string of the molecule is CC(CCNc1nc(N)nc(Cl)n1)c1ccccc1. The van der Waals surface area contributed by atoms with Crippen molar-refractivity contribution in [2.75, 3.05) is 17.6 Å². The molecule has 0 aliphatic rings. The number of aromatic nitrogens is 3. The summed E-state index contributed by atoms with van der Waals surface area (Å²) in [7, 11) is 0. The van der Waals surface area contributed by atoms with Gasteiger partial charge in [0.15, 0.2) is 0 Å². The lowest BCUT2D eigenvalue weighted by Crippen LogP contribution is -2.10. The van der Waals surface area contributed by atoms with Crippen LogP contribution in [0.5, 0.6) is 0 Å². The fourth-order valence-electron chi connectivity index (χ4n) is 1.79. The van der Waals surface area contributed by atoms with E-state index < -0.39 is 0 Å². The van der Waals surface area contributed by atoms with E-state index in [4.69, 9.17) is 17.3 Å². The summed E-state index contributed by atoms with van der Waals surface area (Å²) in [6.45, 7) is 2.93. The van der Waals surface area contributed by atoms with Crippen LogP contribution in [0.4, 0.5) is 11.9 Å². The van der Waals surface area contributed by atoms with Crippen molar-refractivity contribution in [1.82, 2.24) is 15.0 Å². The molecule has 2 rings (SSSR count). The normalized spacial score (nSPS) is 12.1. The standard InChI is InChI=1S/C13H16ClN5/c1-9(10-5-3-2-4-6-10)7-8-16-13-18-11(14)17-12(15)19-13/h2-6,9H,7-8H2,1H3,(H3,15,16,17,18,19). The quantitative estimate of drug-likeness (QED) is 0.879. The Morgan fingerprint density at radius 2 is 1.95 bits per heavy atom. The van der Waals surface area contributed by atoms with Crippen molar-refractivity contribution >= 4 is 23.5 Å². The predicted octanol–water partition coefficient (Wildman–Crippen LogP) is 2.71. The summed E-state index contributed by atoms with van der Waals surface area (Å²) in [5, 5.41) is 3.20. The molecule has 0 saturated carbocycles. The van der Waals surface area contributed by atoms with E-state index in [9.17, 15) is 0 Å². The summed E-state index contributed by atoms with van der Waals surface area (Å²) in [6, 6.07) is 10.4. The number of nitrogens with two attached hydrogens (primary N) is 1. The smallest absolute Gasteiger partial charge is 0.228 e. The first-order valence-corrected chi connectivity index (χ1v) is 6.49. The molecule has 5 nitrogen and oxygen atoms in total. The van der Waals surface area contributed by atoms with Gasteiger partial charge >= 0.3 is 0 Å². The van der Waals surface area contributed by atoms with Crippen LogP contribution in [0.1, 0.15) is 24.8 Å². The Kier molecular flexibility index (Phi) is 4.52. The molecule has 1 aromatic carbocycles. The van der Waals surface area contributed by atoms with Crippen LogP contribution in [0.25, 0.3) is 0 Å². The van der Waals surface area contributed by atoms with Crippen LogP contribution in [-0.2, 0) is 0 Å². The maximum Gasteiger partial charge on any atom is 0.228 e. The van der Waals surface area contributed by atoms with Crippen LogP contribution in [0.3, 0.4) is 0 Å². The van der Waals surface area contributed by atoms with Gasteiger partial charge in [-0.3, -0.25) is 0 Å². The molecule has 100 valence electrons. The Morgan fingerprint density at radius 1 is 1.21 bits per heavy atom. The van der Waals surface area contributed by atoms with E-state index in [2.05, 4.69) is 39.3 Å². The second kappa shape index (κ2) is 6.33. The third-order valence-electron chi connectivity index (χ3n) is 2.85. The number of nitrogens with one attached hydrogen (secondary N) is 1. The molecule has 0 aliphatic carbocycles. The van der Waals surface area contributed by atoms with Crippen LogP contribution in [0.2, 0.25) is 5.28 Å². The zero-order valence-corrected chi connectivity index (χ0v) is 11.4. The van der Waals surface area contributed by atoms with Gasteiger partial charge in [0, 0.05) is 6.54 Å². The Hall–Kier alpha value is -1.88. The second-order valence-corrected chi connectivity index (χ2v) is 4.65. The van der Waals surface area contributed by atoms with Gasteiger partial charge in [-0.2, -0.15) is 15.0 Å². The lowest BCUT2D eigenvalue weighted by Gasteiger charge is -2.12. The summed E-state index contributed by atoms with van der Waals surface area (Å²) in [4.78, 5) is 11.6. The molecule has 1 atom stereocenters. The highest BCUT2D eigenvalue weighted by molar-refractivity contribution is 6.28. The first-order valence-electron chi connectivity index (χ1n) is 6.11. The summed E-state index contributed by atoms with van der Waals surface area (Å²) in [6.07, 6.45) is 0.965. The predicted molar refractivity (Wildman–Crippen MR) is 77.2 cm³/mol. The molecule has 0 fully saturated rings. The van der Waals surface area contributed by atoms with Crippen molar-refractivity contribution in [3.8, 4) is 0 Å². The average Bonchev–Trinajstić information content (AvgIpc) is 2.38. The fraction of sp³-hybridized carbons (Fsp3) is 0.308. The van der Waals surface area contributed by atoms with Gasteiger partial charge < -0.3 is 11.1 Å². The van der Waals surface area contributed by atoms with Crippen LogP contribution >= 0.6 is 11.6 Å².